The van der Waals surface area contributed by atoms with Crippen molar-refractivity contribution < 1.29 is 0 Å². The lowest BCUT2D eigenvalue weighted by molar-refractivity contribution is 0.934. The first kappa shape index (κ1) is 7.05. The van der Waals surface area contributed by atoms with E-state index in [-0.39, 0.29) is 5.92 Å². The summed E-state index contributed by atoms with van der Waals surface area (Å²) in [5.74, 6) is -0.0267. The molecule has 2 rings (SSSR count). The topological polar surface area (TPSA) is 36.7 Å². The zero-order valence-corrected chi connectivity index (χ0v) is 6.62. The van der Waals surface area contributed by atoms with E-state index >= 15 is 0 Å². The molecular weight excluding hydrogens is 148 g/mol. The molecule has 0 aromatic carbocycles. The van der Waals surface area contributed by atoms with Gasteiger partial charge in [0.2, 0.25) is 0 Å². The molecule has 1 unspecified atom stereocenters. The van der Waals surface area contributed by atoms with Gasteiger partial charge in [0.05, 0.1) is 17.7 Å². The number of hydrogen-bond acceptors (Lipinski definition) is 2. The Morgan fingerprint density at radius 3 is 3.25 bits per heavy atom. The van der Waals surface area contributed by atoms with Gasteiger partial charge in [-0.25, -0.2) is 0 Å². The largest absolute Gasteiger partial charge is 0.256 e. The molecule has 58 valence electrons. The predicted molar refractivity (Wildman–Crippen MR) is 46.2 cm³/mol. The average molecular weight is 156 g/mol. The third kappa shape index (κ3) is 0.835. The van der Waals surface area contributed by atoms with Crippen molar-refractivity contribution in [3.63, 3.8) is 0 Å². The highest BCUT2D eigenvalue weighted by Gasteiger charge is 2.25. The van der Waals surface area contributed by atoms with E-state index in [2.05, 4.69) is 17.6 Å². The summed E-state index contributed by atoms with van der Waals surface area (Å²) in [5, 5.41) is 8.81. The molecule has 0 amide bonds. The number of hydrogen-bond donors (Lipinski definition) is 0. The predicted octanol–water partition coefficient (Wildman–Crippen LogP) is 2.11. The maximum atomic E-state index is 8.81. The third-order valence-corrected chi connectivity index (χ3v) is 2.16. The van der Waals surface area contributed by atoms with Crippen LogP contribution in [0.2, 0.25) is 0 Å². The van der Waals surface area contributed by atoms with Gasteiger partial charge in [0.25, 0.3) is 0 Å². The highest BCUT2D eigenvalue weighted by molar-refractivity contribution is 5.70. The van der Waals surface area contributed by atoms with Gasteiger partial charge >= 0.3 is 0 Å². The SMILES string of the molecule is C=C1CC(C#N)c2cccnc21. The molecule has 1 atom stereocenters. The number of fused-ring (bicyclic) bond motifs is 1. The van der Waals surface area contributed by atoms with E-state index in [1.54, 1.807) is 6.20 Å². The maximum Gasteiger partial charge on any atom is 0.0774 e. The van der Waals surface area contributed by atoms with Gasteiger partial charge in [-0.1, -0.05) is 12.6 Å². The molecule has 0 spiro atoms. The lowest BCUT2D eigenvalue weighted by atomic mass is 10.1. The van der Waals surface area contributed by atoms with Gasteiger partial charge in [-0.05, 0) is 23.6 Å². The number of nitrogens with zero attached hydrogens (tertiary/aromatic N) is 2. The number of allylic oxidation sites excluding steroid dienone is 1. The minimum Gasteiger partial charge on any atom is -0.256 e. The highest BCUT2D eigenvalue weighted by atomic mass is 14.7. The Kier molecular flexibility index (Phi) is 1.44. The number of nitriles is 1. The van der Waals surface area contributed by atoms with Gasteiger partial charge in [0.15, 0.2) is 0 Å². The molecule has 1 aromatic rings. The van der Waals surface area contributed by atoms with Crippen LogP contribution in [0.3, 0.4) is 0 Å². The normalized spacial score (nSPS) is 20.2. The van der Waals surface area contributed by atoms with Crippen molar-refractivity contribution in [1.29, 1.82) is 5.26 Å². The lowest BCUT2D eigenvalue weighted by Gasteiger charge is -1.97. The standard InChI is InChI=1S/C10H8N2/c1-7-5-8(6-11)9-3-2-4-12-10(7)9/h2-4,8H,1,5H2. The van der Waals surface area contributed by atoms with Crippen molar-refractivity contribution >= 4 is 5.57 Å². The Bertz CT molecular complexity index is 374. The van der Waals surface area contributed by atoms with E-state index in [4.69, 9.17) is 5.26 Å². The molecule has 1 aromatic heterocycles. The van der Waals surface area contributed by atoms with Crippen molar-refractivity contribution in [1.82, 2.24) is 4.98 Å². The molecule has 1 aliphatic rings. The van der Waals surface area contributed by atoms with Crippen LogP contribution in [0.25, 0.3) is 5.57 Å². The minimum absolute atomic E-state index is 0.0267. The van der Waals surface area contributed by atoms with E-state index < -0.39 is 0 Å². The second-order valence-electron chi connectivity index (χ2n) is 2.93. The number of rotatable bonds is 0. The number of aromatic nitrogens is 1. The van der Waals surface area contributed by atoms with E-state index in [9.17, 15) is 0 Å². The summed E-state index contributed by atoms with van der Waals surface area (Å²) in [4.78, 5) is 4.19. The molecule has 0 saturated carbocycles. The van der Waals surface area contributed by atoms with Crippen LogP contribution in [-0.2, 0) is 0 Å². The van der Waals surface area contributed by atoms with E-state index in [1.807, 2.05) is 12.1 Å². The summed E-state index contributed by atoms with van der Waals surface area (Å²) in [5.41, 5.74) is 2.94. The van der Waals surface area contributed by atoms with Crippen molar-refractivity contribution in [2.75, 3.05) is 0 Å². The van der Waals surface area contributed by atoms with Crippen LogP contribution >= 0.6 is 0 Å². The fraction of sp³-hybridized carbons (Fsp3) is 0.200. The van der Waals surface area contributed by atoms with Crippen LogP contribution in [0.15, 0.2) is 24.9 Å². The quantitative estimate of drug-likeness (QED) is 0.576. The molecule has 0 N–H and O–H groups in total. The minimum atomic E-state index is -0.0267. The maximum absolute atomic E-state index is 8.81. The second kappa shape index (κ2) is 2.46. The summed E-state index contributed by atoms with van der Waals surface area (Å²) in [6.45, 7) is 3.88. The zero-order valence-electron chi connectivity index (χ0n) is 6.62. The molecule has 0 aliphatic heterocycles. The first-order valence-electron chi connectivity index (χ1n) is 3.85. The monoisotopic (exact) mass is 156 g/mol. The van der Waals surface area contributed by atoms with Gasteiger partial charge in [0.1, 0.15) is 0 Å². The van der Waals surface area contributed by atoms with Crippen molar-refractivity contribution in [3.05, 3.63) is 36.2 Å². The molecule has 2 nitrogen and oxygen atoms in total. The van der Waals surface area contributed by atoms with E-state index in [0.717, 1.165) is 23.3 Å². The Labute approximate surface area is 71.2 Å². The molecule has 1 aliphatic carbocycles. The van der Waals surface area contributed by atoms with Crippen LogP contribution in [0, 0.1) is 11.3 Å². The third-order valence-electron chi connectivity index (χ3n) is 2.16. The summed E-state index contributed by atoms with van der Waals surface area (Å²) >= 11 is 0. The van der Waals surface area contributed by atoms with Crippen LogP contribution in [0.1, 0.15) is 23.6 Å². The molecule has 12 heavy (non-hydrogen) atoms. The van der Waals surface area contributed by atoms with Crippen LogP contribution in [0.5, 0.6) is 0 Å². The molecule has 0 saturated heterocycles. The van der Waals surface area contributed by atoms with Gasteiger partial charge in [-0.3, -0.25) is 4.98 Å². The van der Waals surface area contributed by atoms with Crippen molar-refractivity contribution in [3.8, 4) is 6.07 Å². The molecular formula is C10H8N2. The zero-order chi connectivity index (χ0) is 8.55. The number of pyridine rings is 1. The molecule has 0 fully saturated rings. The lowest BCUT2D eigenvalue weighted by Crippen LogP contribution is -1.88. The Hall–Kier alpha value is -1.62. The van der Waals surface area contributed by atoms with Crippen LogP contribution in [0.4, 0.5) is 0 Å². The van der Waals surface area contributed by atoms with Crippen LogP contribution < -0.4 is 0 Å². The molecule has 1 heterocycles. The molecule has 2 heteroatoms. The second-order valence-corrected chi connectivity index (χ2v) is 2.93. The smallest absolute Gasteiger partial charge is 0.0774 e. The summed E-state index contributed by atoms with van der Waals surface area (Å²) in [7, 11) is 0. The molecule has 0 radical (unpaired) electrons. The molecule has 0 bridgehead atoms. The fourth-order valence-electron chi connectivity index (χ4n) is 1.56. The fourth-order valence-corrected chi connectivity index (χ4v) is 1.56. The Morgan fingerprint density at radius 1 is 1.67 bits per heavy atom. The Balaban J connectivity index is 2.59. The highest BCUT2D eigenvalue weighted by Crippen LogP contribution is 2.37. The van der Waals surface area contributed by atoms with Crippen molar-refractivity contribution in [2.24, 2.45) is 0 Å². The van der Waals surface area contributed by atoms with Gasteiger partial charge in [-0.15, -0.1) is 0 Å². The van der Waals surface area contributed by atoms with Crippen molar-refractivity contribution in [2.45, 2.75) is 12.3 Å². The van der Waals surface area contributed by atoms with E-state index in [1.165, 1.54) is 0 Å². The van der Waals surface area contributed by atoms with Gasteiger partial charge in [-0.2, -0.15) is 5.26 Å². The summed E-state index contributed by atoms with van der Waals surface area (Å²) in [6, 6.07) is 6.07. The van der Waals surface area contributed by atoms with Gasteiger partial charge < -0.3 is 0 Å². The van der Waals surface area contributed by atoms with E-state index in [0.29, 0.717) is 0 Å². The Morgan fingerprint density at radius 2 is 2.50 bits per heavy atom. The summed E-state index contributed by atoms with van der Waals surface area (Å²) < 4.78 is 0. The van der Waals surface area contributed by atoms with Gasteiger partial charge in [0, 0.05) is 6.20 Å². The first-order valence-corrected chi connectivity index (χ1v) is 3.85. The average Bonchev–Trinajstić information content (AvgIpc) is 2.44. The van der Waals surface area contributed by atoms with Crippen LogP contribution in [-0.4, -0.2) is 4.98 Å². The first-order chi connectivity index (χ1) is 5.83. The summed E-state index contributed by atoms with van der Waals surface area (Å²) in [6.07, 6.45) is 2.48.